The van der Waals surface area contributed by atoms with Crippen molar-refractivity contribution in [3.8, 4) is 0 Å². The Hall–Kier alpha value is -1.15. The normalized spacial score (nSPS) is 14.7. The Morgan fingerprint density at radius 1 is 1.45 bits per heavy atom. The second kappa shape index (κ2) is 6.53. The molecule has 6 nitrogen and oxygen atoms in total. The Morgan fingerprint density at radius 3 is 2.55 bits per heavy atom. The molecule has 0 aliphatic rings. The van der Waals surface area contributed by atoms with Crippen molar-refractivity contribution in [2.24, 2.45) is 16.8 Å². The summed E-state index contributed by atoms with van der Waals surface area (Å²) >= 11 is 5.92. The van der Waals surface area contributed by atoms with E-state index in [1.54, 1.807) is 0 Å². The Kier molecular flexibility index (Phi) is 5.52. The first-order valence-corrected chi connectivity index (χ1v) is 7.98. The van der Waals surface area contributed by atoms with Crippen LogP contribution in [0, 0.1) is 5.92 Å². The van der Waals surface area contributed by atoms with Crippen LogP contribution in [0.3, 0.4) is 0 Å². The molecule has 0 saturated heterocycles. The lowest BCUT2D eigenvalue weighted by Crippen LogP contribution is -2.40. The van der Waals surface area contributed by atoms with E-state index in [0.717, 1.165) is 6.42 Å². The number of rotatable bonds is 5. The lowest BCUT2D eigenvalue weighted by molar-refractivity contribution is -0.118. The van der Waals surface area contributed by atoms with Gasteiger partial charge in [0.1, 0.15) is 0 Å². The van der Waals surface area contributed by atoms with Crippen LogP contribution in [-0.2, 0) is 14.8 Å². The highest BCUT2D eigenvalue weighted by Gasteiger charge is 2.21. The second-order valence-electron chi connectivity index (χ2n) is 4.59. The largest absolute Gasteiger partial charge is 0.323 e. The molecule has 0 radical (unpaired) electrons. The molecule has 2 atom stereocenters. The molecular formula is C12H18ClN3O3S. The van der Waals surface area contributed by atoms with Gasteiger partial charge in [-0.15, -0.1) is 0 Å². The maximum Gasteiger partial charge on any atom is 0.241 e. The Labute approximate surface area is 123 Å². The van der Waals surface area contributed by atoms with Gasteiger partial charge in [0.2, 0.25) is 15.9 Å². The zero-order valence-electron chi connectivity index (χ0n) is 11.3. The number of benzene rings is 1. The molecule has 1 aromatic carbocycles. The number of amides is 1. The number of nitrogens with one attached hydrogen (secondary N) is 1. The van der Waals surface area contributed by atoms with Gasteiger partial charge in [-0.2, -0.15) is 0 Å². The third-order valence-electron chi connectivity index (χ3n) is 3.08. The molecule has 20 heavy (non-hydrogen) atoms. The average Bonchev–Trinajstić information content (AvgIpc) is 2.38. The quantitative estimate of drug-likeness (QED) is 0.758. The summed E-state index contributed by atoms with van der Waals surface area (Å²) in [5.74, 6) is -0.428. The molecule has 1 aromatic rings. The number of anilines is 1. The molecule has 0 spiro atoms. The van der Waals surface area contributed by atoms with Gasteiger partial charge in [-0.05, 0) is 24.1 Å². The van der Waals surface area contributed by atoms with Crippen molar-refractivity contribution in [1.82, 2.24) is 0 Å². The van der Waals surface area contributed by atoms with Crippen LogP contribution >= 0.6 is 11.6 Å². The van der Waals surface area contributed by atoms with E-state index in [1.807, 2.05) is 13.8 Å². The Balaban J connectivity index is 3.01. The fourth-order valence-electron chi connectivity index (χ4n) is 1.51. The molecule has 1 rings (SSSR count). The van der Waals surface area contributed by atoms with Crippen molar-refractivity contribution in [1.29, 1.82) is 0 Å². The van der Waals surface area contributed by atoms with Crippen molar-refractivity contribution in [2.75, 3.05) is 5.32 Å². The van der Waals surface area contributed by atoms with E-state index >= 15 is 0 Å². The van der Waals surface area contributed by atoms with E-state index in [4.69, 9.17) is 22.5 Å². The van der Waals surface area contributed by atoms with Gasteiger partial charge in [0.25, 0.3) is 0 Å². The van der Waals surface area contributed by atoms with E-state index in [1.165, 1.54) is 18.2 Å². The fourth-order valence-corrected chi connectivity index (χ4v) is 2.21. The highest BCUT2D eigenvalue weighted by Crippen LogP contribution is 2.25. The number of sulfonamides is 1. The molecule has 0 fully saturated rings. The van der Waals surface area contributed by atoms with Crippen LogP contribution in [0.2, 0.25) is 5.02 Å². The molecule has 0 saturated carbocycles. The smallest absolute Gasteiger partial charge is 0.241 e. The number of halogens is 1. The van der Waals surface area contributed by atoms with Crippen LogP contribution in [0.1, 0.15) is 20.3 Å². The van der Waals surface area contributed by atoms with Gasteiger partial charge in [-0.3, -0.25) is 4.79 Å². The minimum atomic E-state index is -3.86. The molecule has 5 N–H and O–H groups in total. The third-order valence-corrected chi connectivity index (χ3v) is 4.32. The number of hydrogen-bond donors (Lipinski definition) is 3. The van der Waals surface area contributed by atoms with Crippen molar-refractivity contribution >= 4 is 33.2 Å². The van der Waals surface area contributed by atoms with E-state index in [2.05, 4.69) is 5.32 Å². The molecule has 8 heteroatoms. The summed E-state index contributed by atoms with van der Waals surface area (Å²) < 4.78 is 22.5. The summed E-state index contributed by atoms with van der Waals surface area (Å²) in [7, 11) is -3.86. The van der Waals surface area contributed by atoms with Gasteiger partial charge in [0, 0.05) is 0 Å². The van der Waals surface area contributed by atoms with Crippen molar-refractivity contribution < 1.29 is 13.2 Å². The summed E-state index contributed by atoms with van der Waals surface area (Å²) in [6.45, 7) is 3.78. The summed E-state index contributed by atoms with van der Waals surface area (Å²) in [6, 6.07) is 3.13. The Morgan fingerprint density at radius 2 is 2.05 bits per heavy atom. The Bertz CT molecular complexity index is 604. The molecule has 0 aromatic heterocycles. The van der Waals surface area contributed by atoms with E-state index in [-0.39, 0.29) is 21.5 Å². The molecule has 0 bridgehead atoms. The first-order chi connectivity index (χ1) is 9.16. The van der Waals surface area contributed by atoms with E-state index in [9.17, 15) is 13.2 Å². The summed E-state index contributed by atoms with van der Waals surface area (Å²) in [4.78, 5) is 11.8. The predicted molar refractivity (Wildman–Crippen MR) is 78.9 cm³/mol. The van der Waals surface area contributed by atoms with Gasteiger partial charge < -0.3 is 11.1 Å². The van der Waals surface area contributed by atoms with Crippen molar-refractivity contribution in [2.45, 2.75) is 31.2 Å². The predicted octanol–water partition coefficient (Wildman–Crippen LogP) is 1.30. The highest BCUT2D eigenvalue weighted by atomic mass is 35.5. The van der Waals surface area contributed by atoms with Crippen molar-refractivity contribution in [3.05, 3.63) is 23.2 Å². The maximum atomic E-state index is 12.0. The van der Waals surface area contributed by atoms with Gasteiger partial charge in [-0.1, -0.05) is 31.9 Å². The SMILES string of the molecule is CCC(C)[C@H](N)C(=O)Nc1cc(S(N)(=O)=O)ccc1Cl. The lowest BCUT2D eigenvalue weighted by atomic mass is 9.99. The number of hydrogen-bond acceptors (Lipinski definition) is 4. The lowest BCUT2D eigenvalue weighted by Gasteiger charge is -2.18. The van der Waals surface area contributed by atoms with Crippen LogP contribution < -0.4 is 16.2 Å². The number of primary sulfonamides is 1. The van der Waals surface area contributed by atoms with Crippen LogP contribution in [0.5, 0.6) is 0 Å². The molecule has 0 aliphatic heterocycles. The van der Waals surface area contributed by atoms with Crippen molar-refractivity contribution in [3.63, 3.8) is 0 Å². The molecule has 1 amide bonds. The van der Waals surface area contributed by atoms with Crippen LogP contribution in [0.4, 0.5) is 5.69 Å². The first kappa shape index (κ1) is 16.9. The topological polar surface area (TPSA) is 115 Å². The van der Waals surface area contributed by atoms with Gasteiger partial charge >= 0.3 is 0 Å². The third kappa shape index (κ3) is 4.17. The molecule has 1 unspecified atom stereocenters. The van der Waals surface area contributed by atoms with Gasteiger partial charge in [0.05, 0.1) is 21.6 Å². The second-order valence-corrected chi connectivity index (χ2v) is 6.56. The molecule has 0 heterocycles. The summed E-state index contributed by atoms with van der Waals surface area (Å²) in [6.07, 6.45) is 0.750. The first-order valence-electron chi connectivity index (χ1n) is 6.05. The minimum absolute atomic E-state index is 0.00445. The van der Waals surface area contributed by atoms with Crippen LogP contribution in [0.15, 0.2) is 23.1 Å². The molecule has 112 valence electrons. The highest BCUT2D eigenvalue weighted by molar-refractivity contribution is 7.89. The van der Waals surface area contributed by atoms with E-state index < -0.39 is 22.0 Å². The fraction of sp³-hybridized carbons (Fsp3) is 0.417. The monoisotopic (exact) mass is 319 g/mol. The number of carbonyl (C=O) groups excluding carboxylic acids is 1. The summed E-state index contributed by atoms with van der Waals surface area (Å²) in [5.41, 5.74) is 5.96. The summed E-state index contributed by atoms with van der Waals surface area (Å²) in [5, 5.41) is 7.76. The average molecular weight is 320 g/mol. The number of carbonyl (C=O) groups is 1. The molecular weight excluding hydrogens is 302 g/mol. The zero-order valence-corrected chi connectivity index (χ0v) is 12.8. The number of nitrogens with two attached hydrogens (primary N) is 2. The van der Waals surface area contributed by atoms with Gasteiger partial charge in [-0.25, -0.2) is 13.6 Å². The van der Waals surface area contributed by atoms with Crippen LogP contribution in [-0.4, -0.2) is 20.4 Å². The molecule has 0 aliphatic carbocycles. The van der Waals surface area contributed by atoms with Crippen LogP contribution in [0.25, 0.3) is 0 Å². The zero-order chi connectivity index (χ0) is 15.5. The van der Waals surface area contributed by atoms with Gasteiger partial charge in [0.15, 0.2) is 0 Å². The standard InChI is InChI=1S/C12H18ClN3O3S/c1-3-7(2)11(14)12(17)16-10-6-8(20(15,18)19)4-5-9(10)13/h4-7,11H,3,14H2,1-2H3,(H,16,17)(H2,15,18,19)/t7?,11-/m0/s1. The minimum Gasteiger partial charge on any atom is -0.323 e. The van der Waals surface area contributed by atoms with E-state index in [0.29, 0.717) is 0 Å². The maximum absolute atomic E-state index is 12.0.